The Labute approximate surface area is 137 Å². The van der Waals surface area contributed by atoms with Crippen LogP contribution < -0.4 is 21.5 Å². The minimum absolute atomic E-state index is 0.107. The van der Waals surface area contributed by atoms with Crippen molar-refractivity contribution in [3.63, 3.8) is 0 Å². The fraction of sp³-hybridized carbons (Fsp3) is 0.750. The average molecular weight is 324 g/mol. The summed E-state index contributed by atoms with van der Waals surface area (Å²) in [6.45, 7) is 9.56. The van der Waals surface area contributed by atoms with Crippen molar-refractivity contribution >= 4 is 11.4 Å². The van der Waals surface area contributed by atoms with Gasteiger partial charge in [-0.05, 0) is 27.9 Å². The number of ether oxygens (including phenoxy) is 1. The van der Waals surface area contributed by atoms with Gasteiger partial charge in [0, 0.05) is 38.3 Å². The molecular formula is C16H28N4O3. The normalized spacial score (nSPS) is 16.9. The number of nitrogens with zero attached hydrogens (tertiary/aromatic N) is 2. The molecule has 0 aromatic heterocycles. The lowest BCUT2D eigenvalue weighted by atomic mass is 10.0. The van der Waals surface area contributed by atoms with Gasteiger partial charge in [0.25, 0.3) is 10.9 Å². The molecular weight excluding hydrogens is 296 g/mol. The first-order valence-electron chi connectivity index (χ1n) is 8.11. The molecule has 0 amide bonds. The van der Waals surface area contributed by atoms with Gasteiger partial charge < -0.3 is 20.3 Å². The Hall–Kier alpha value is -1.44. The predicted octanol–water partition coefficient (Wildman–Crippen LogP) is -0.221. The van der Waals surface area contributed by atoms with Crippen LogP contribution in [0.5, 0.6) is 0 Å². The molecule has 0 radical (unpaired) electrons. The molecule has 0 atom stereocenters. The van der Waals surface area contributed by atoms with E-state index in [4.69, 9.17) is 4.74 Å². The summed E-state index contributed by atoms with van der Waals surface area (Å²) in [7, 11) is 3.93. The largest absolute Gasteiger partial charge is 0.379 e. The number of likely N-dealkylation sites (N-methyl/N-ethyl adjacent to an activating group) is 1. The van der Waals surface area contributed by atoms with Crippen molar-refractivity contribution in [2.75, 3.05) is 70.7 Å². The first-order chi connectivity index (χ1) is 10.8. The lowest BCUT2D eigenvalue weighted by Gasteiger charge is -2.41. The predicted molar refractivity (Wildman–Crippen MR) is 93.4 cm³/mol. The molecule has 2 rings (SSSR count). The smallest absolute Gasteiger partial charge is 0.253 e. The van der Waals surface area contributed by atoms with Gasteiger partial charge >= 0.3 is 0 Å². The third-order valence-electron chi connectivity index (χ3n) is 4.34. The van der Waals surface area contributed by atoms with E-state index in [-0.39, 0.29) is 5.54 Å². The molecule has 1 saturated heterocycles. The monoisotopic (exact) mass is 324 g/mol. The van der Waals surface area contributed by atoms with Gasteiger partial charge in [0.2, 0.25) is 0 Å². The van der Waals surface area contributed by atoms with Crippen LogP contribution in [0.25, 0.3) is 0 Å². The van der Waals surface area contributed by atoms with Crippen molar-refractivity contribution in [2.24, 2.45) is 0 Å². The minimum Gasteiger partial charge on any atom is -0.379 e. The molecule has 0 spiro atoms. The second-order valence-corrected chi connectivity index (χ2v) is 6.90. The van der Waals surface area contributed by atoms with E-state index in [1.165, 1.54) is 0 Å². The maximum absolute atomic E-state index is 11.8. The maximum atomic E-state index is 11.8. The fourth-order valence-electron chi connectivity index (χ4n) is 2.72. The van der Waals surface area contributed by atoms with Gasteiger partial charge in [0.15, 0.2) is 0 Å². The molecule has 0 unspecified atom stereocenters. The zero-order chi connectivity index (χ0) is 17.0. The van der Waals surface area contributed by atoms with E-state index in [0.29, 0.717) is 24.5 Å². The van der Waals surface area contributed by atoms with Gasteiger partial charge in [0.05, 0.1) is 13.2 Å². The highest BCUT2D eigenvalue weighted by Gasteiger charge is 2.30. The Kier molecular flexibility index (Phi) is 5.78. The van der Waals surface area contributed by atoms with Crippen molar-refractivity contribution in [1.82, 2.24) is 9.80 Å². The van der Waals surface area contributed by atoms with E-state index in [9.17, 15) is 9.59 Å². The molecule has 1 aliphatic rings. The molecule has 1 aliphatic heterocycles. The van der Waals surface area contributed by atoms with Gasteiger partial charge in [-0.2, -0.15) is 0 Å². The summed E-state index contributed by atoms with van der Waals surface area (Å²) in [6.07, 6.45) is 0. The van der Waals surface area contributed by atoms with Crippen molar-refractivity contribution < 1.29 is 4.74 Å². The molecule has 0 bridgehead atoms. The number of morpholine rings is 1. The van der Waals surface area contributed by atoms with Gasteiger partial charge in [-0.15, -0.1) is 0 Å². The second kappa shape index (κ2) is 7.42. The van der Waals surface area contributed by atoms with Crippen LogP contribution in [0.1, 0.15) is 13.8 Å². The first kappa shape index (κ1) is 17.9. The molecule has 1 heterocycles. The van der Waals surface area contributed by atoms with Gasteiger partial charge in [-0.3, -0.25) is 14.5 Å². The van der Waals surface area contributed by atoms with E-state index in [2.05, 4.69) is 29.4 Å². The Morgan fingerprint density at radius 2 is 1.65 bits per heavy atom. The molecule has 7 heteroatoms. The molecule has 130 valence electrons. The lowest BCUT2D eigenvalue weighted by Crippen LogP contribution is -2.54. The quantitative estimate of drug-likeness (QED) is 0.640. The number of anilines is 2. The summed E-state index contributed by atoms with van der Waals surface area (Å²) >= 11 is 0. The minimum atomic E-state index is -0.421. The molecule has 23 heavy (non-hydrogen) atoms. The molecule has 0 aliphatic carbocycles. The topological polar surface area (TPSA) is 73.9 Å². The van der Waals surface area contributed by atoms with Crippen LogP contribution in [0, 0.1) is 0 Å². The summed E-state index contributed by atoms with van der Waals surface area (Å²) < 4.78 is 5.38. The number of rotatable bonds is 8. The summed E-state index contributed by atoms with van der Waals surface area (Å²) in [6, 6.07) is 0. The molecule has 1 aromatic rings. The highest BCUT2D eigenvalue weighted by molar-refractivity contribution is 5.74. The van der Waals surface area contributed by atoms with Crippen LogP contribution >= 0.6 is 0 Å². The summed E-state index contributed by atoms with van der Waals surface area (Å²) in [4.78, 5) is 27.9. The molecule has 2 N–H and O–H groups in total. The van der Waals surface area contributed by atoms with Gasteiger partial charge in [-0.1, -0.05) is 0 Å². The molecule has 1 aromatic carbocycles. The van der Waals surface area contributed by atoms with Crippen LogP contribution in [0.4, 0.5) is 11.4 Å². The van der Waals surface area contributed by atoms with Crippen molar-refractivity contribution in [2.45, 2.75) is 19.4 Å². The third-order valence-corrected chi connectivity index (χ3v) is 4.34. The second-order valence-electron chi connectivity index (χ2n) is 6.90. The third kappa shape index (κ3) is 4.31. The highest BCUT2D eigenvalue weighted by Crippen LogP contribution is 2.19. The van der Waals surface area contributed by atoms with Crippen molar-refractivity contribution in [3.8, 4) is 0 Å². The number of hydrogen-bond acceptors (Lipinski definition) is 7. The SMILES string of the molecule is CN(C)CCNc1c(NCC(C)(C)N2CCOCC2)c(=O)c1=O. The van der Waals surface area contributed by atoms with E-state index < -0.39 is 10.9 Å². The van der Waals surface area contributed by atoms with Crippen LogP contribution in [0.15, 0.2) is 9.59 Å². The molecule has 1 fully saturated rings. The Bertz CT molecular complexity index is 584. The van der Waals surface area contributed by atoms with Gasteiger partial charge in [-0.25, -0.2) is 0 Å². The van der Waals surface area contributed by atoms with Crippen LogP contribution in [-0.2, 0) is 4.74 Å². The average Bonchev–Trinajstić information content (AvgIpc) is 2.53. The van der Waals surface area contributed by atoms with E-state index in [0.717, 1.165) is 32.8 Å². The maximum Gasteiger partial charge on any atom is 0.253 e. The number of nitrogens with one attached hydrogen (secondary N) is 2. The van der Waals surface area contributed by atoms with E-state index in [1.807, 2.05) is 19.0 Å². The van der Waals surface area contributed by atoms with Crippen molar-refractivity contribution in [3.05, 3.63) is 20.4 Å². The zero-order valence-corrected chi connectivity index (χ0v) is 14.6. The van der Waals surface area contributed by atoms with Crippen LogP contribution in [0.3, 0.4) is 0 Å². The number of hydrogen-bond donors (Lipinski definition) is 2. The summed E-state index contributed by atoms with van der Waals surface area (Å²) in [5.74, 6) is 0. The molecule has 7 nitrogen and oxygen atoms in total. The van der Waals surface area contributed by atoms with Crippen LogP contribution in [0.2, 0.25) is 0 Å². The Balaban J connectivity index is 1.93. The summed E-state index contributed by atoms with van der Waals surface area (Å²) in [5, 5.41) is 6.24. The lowest BCUT2D eigenvalue weighted by molar-refractivity contribution is -0.00569. The fourth-order valence-corrected chi connectivity index (χ4v) is 2.72. The summed E-state index contributed by atoms with van der Waals surface area (Å²) in [5.41, 5.74) is -0.0972. The van der Waals surface area contributed by atoms with E-state index in [1.54, 1.807) is 0 Å². The highest BCUT2D eigenvalue weighted by atomic mass is 16.5. The Morgan fingerprint density at radius 3 is 2.22 bits per heavy atom. The van der Waals surface area contributed by atoms with Crippen molar-refractivity contribution in [1.29, 1.82) is 0 Å². The first-order valence-corrected chi connectivity index (χ1v) is 8.11. The molecule has 0 saturated carbocycles. The van der Waals surface area contributed by atoms with Crippen LogP contribution in [-0.4, -0.2) is 75.4 Å². The standard InChI is InChI=1S/C16H28N4O3/c1-16(2,20-7-9-23-10-8-20)11-18-13-12(14(21)15(13)22)17-5-6-19(3)4/h17-18H,5-11H2,1-4H3. The van der Waals surface area contributed by atoms with Gasteiger partial charge in [0.1, 0.15) is 11.4 Å². The Morgan fingerprint density at radius 1 is 1.09 bits per heavy atom. The zero-order valence-electron chi connectivity index (χ0n) is 14.6. The van der Waals surface area contributed by atoms with E-state index >= 15 is 0 Å².